The third-order valence-corrected chi connectivity index (χ3v) is 6.96. The first kappa shape index (κ1) is 9.57. The third kappa shape index (κ3) is 1.11. The van der Waals surface area contributed by atoms with E-state index in [0.29, 0.717) is 9.80 Å². The van der Waals surface area contributed by atoms with E-state index >= 15 is 0 Å². The van der Waals surface area contributed by atoms with Crippen LogP contribution >= 0.6 is 22.7 Å². The van der Waals surface area contributed by atoms with Crippen LogP contribution in [0.5, 0.6) is 0 Å². The molecule has 0 spiro atoms. The normalized spacial score (nSPS) is 18.1. The monoisotopic (exact) mass is 256 g/mol. The second-order valence-electron chi connectivity index (χ2n) is 3.60. The highest BCUT2D eigenvalue weighted by Gasteiger charge is 2.31. The van der Waals surface area contributed by atoms with Crippen molar-refractivity contribution < 1.29 is 8.42 Å². The Morgan fingerprint density at radius 1 is 1.20 bits per heavy atom. The summed E-state index contributed by atoms with van der Waals surface area (Å²) in [5.41, 5.74) is 0. The Hall–Kier alpha value is -0.650. The van der Waals surface area contributed by atoms with E-state index in [4.69, 9.17) is 0 Å². The lowest BCUT2D eigenvalue weighted by atomic mass is 10.4. The summed E-state index contributed by atoms with van der Waals surface area (Å²) in [6.45, 7) is 3.67. The average Bonchev–Trinajstić information content (AvgIpc) is 2.64. The van der Waals surface area contributed by atoms with Crippen LogP contribution < -0.4 is 0 Å². The first-order valence-electron chi connectivity index (χ1n) is 4.46. The zero-order valence-corrected chi connectivity index (χ0v) is 10.6. The molecule has 0 aromatic carbocycles. The van der Waals surface area contributed by atoms with Gasteiger partial charge in [0.2, 0.25) is 9.84 Å². The maximum atomic E-state index is 12.0. The van der Waals surface area contributed by atoms with E-state index in [-0.39, 0.29) is 0 Å². The van der Waals surface area contributed by atoms with Gasteiger partial charge in [-0.3, -0.25) is 0 Å². The fourth-order valence-corrected chi connectivity index (χ4v) is 6.44. The summed E-state index contributed by atoms with van der Waals surface area (Å²) < 4.78 is 26.1. The quantitative estimate of drug-likeness (QED) is 0.723. The smallest absolute Gasteiger partial charge is 0.205 e. The van der Waals surface area contributed by atoms with Crippen LogP contribution in [-0.2, 0) is 9.84 Å². The van der Waals surface area contributed by atoms with E-state index in [9.17, 15) is 8.42 Å². The van der Waals surface area contributed by atoms with E-state index in [1.54, 1.807) is 35.7 Å². The number of allylic oxidation sites excluding steroid dienone is 1. The largest absolute Gasteiger partial charge is 0.219 e. The Morgan fingerprint density at radius 3 is 2.67 bits per heavy atom. The number of aryl methyl sites for hydroxylation is 1. The third-order valence-electron chi connectivity index (χ3n) is 2.50. The lowest BCUT2D eigenvalue weighted by Gasteiger charge is -1.94. The molecule has 0 atom stereocenters. The molecule has 2 aromatic heterocycles. The molecule has 5 heteroatoms. The summed E-state index contributed by atoms with van der Waals surface area (Å²) in [7, 11) is -3.17. The summed E-state index contributed by atoms with van der Waals surface area (Å²) in [6.07, 6.45) is 1.78. The van der Waals surface area contributed by atoms with Gasteiger partial charge in [-0.1, -0.05) is 0 Å². The zero-order chi connectivity index (χ0) is 10.8. The van der Waals surface area contributed by atoms with Crippen LogP contribution in [0.2, 0.25) is 0 Å². The number of fused-ring (bicyclic) bond motifs is 3. The Kier molecular flexibility index (Phi) is 1.74. The van der Waals surface area contributed by atoms with Crippen molar-refractivity contribution in [3.63, 3.8) is 0 Å². The number of hydrogen-bond acceptors (Lipinski definition) is 4. The Morgan fingerprint density at radius 2 is 1.93 bits per heavy atom. The summed E-state index contributed by atoms with van der Waals surface area (Å²) in [6, 6.07) is 2.06. The Labute approximate surface area is 95.8 Å². The molecular formula is C10H8O2S3. The Balaban J connectivity index is 2.51. The van der Waals surface area contributed by atoms with Gasteiger partial charge in [0.15, 0.2) is 0 Å². The number of sulfone groups is 1. The molecule has 0 amide bonds. The van der Waals surface area contributed by atoms with Gasteiger partial charge in [-0.05, 0) is 26.0 Å². The van der Waals surface area contributed by atoms with Crippen molar-refractivity contribution in [1.82, 2.24) is 0 Å². The van der Waals surface area contributed by atoms with Crippen molar-refractivity contribution in [2.45, 2.75) is 18.7 Å². The maximum absolute atomic E-state index is 12.0. The van der Waals surface area contributed by atoms with Crippen LogP contribution in [0.1, 0.15) is 16.7 Å². The highest BCUT2D eigenvalue weighted by Crippen LogP contribution is 2.46. The van der Waals surface area contributed by atoms with Gasteiger partial charge in [-0.15, -0.1) is 22.7 Å². The van der Waals surface area contributed by atoms with Crippen LogP contribution in [0, 0.1) is 6.92 Å². The molecule has 1 aliphatic heterocycles. The van der Waals surface area contributed by atoms with Crippen LogP contribution in [0.3, 0.4) is 0 Å². The van der Waals surface area contributed by atoms with E-state index in [2.05, 4.69) is 6.07 Å². The summed E-state index contributed by atoms with van der Waals surface area (Å²) >= 11 is 3.13. The predicted octanol–water partition coefficient (Wildman–Crippen LogP) is 3.42. The minimum atomic E-state index is -3.17. The second-order valence-corrected chi connectivity index (χ2v) is 8.00. The molecule has 1 aliphatic rings. The zero-order valence-electron chi connectivity index (χ0n) is 8.20. The number of thiophene rings is 2. The van der Waals surface area contributed by atoms with Crippen molar-refractivity contribution in [1.29, 1.82) is 0 Å². The predicted molar refractivity (Wildman–Crippen MR) is 65.3 cm³/mol. The molecule has 0 N–H and O–H groups in total. The summed E-state index contributed by atoms with van der Waals surface area (Å²) in [5.74, 6) is 0. The molecule has 0 aliphatic carbocycles. The van der Waals surface area contributed by atoms with E-state index in [0.717, 1.165) is 14.3 Å². The SMILES string of the molecule is CC1=Cc2sc3cc(C)sc3c2S1(=O)=O. The minimum absolute atomic E-state index is 0.469. The molecule has 78 valence electrons. The van der Waals surface area contributed by atoms with Gasteiger partial charge in [-0.2, -0.15) is 0 Å². The first-order chi connectivity index (χ1) is 7.00. The summed E-state index contributed by atoms with van der Waals surface area (Å²) in [4.78, 5) is 3.07. The minimum Gasteiger partial charge on any atom is -0.219 e. The number of hydrogen-bond donors (Lipinski definition) is 0. The molecule has 0 unspecified atom stereocenters. The fraction of sp³-hybridized carbons (Fsp3) is 0.200. The molecular weight excluding hydrogens is 248 g/mol. The van der Waals surface area contributed by atoms with Crippen molar-refractivity contribution in [2.24, 2.45) is 0 Å². The lowest BCUT2D eigenvalue weighted by Crippen LogP contribution is -1.95. The Bertz CT molecular complexity index is 698. The van der Waals surface area contributed by atoms with Crippen molar-refractivity contribution in [3.05, 3.63) is 20.7 Å². The first-order valence-corrected chi connectivity index (χ1v) is 7.58. The highest BCUT2D eigenvalue weighted by molar-refractivity contribution is 7.96. The van der Waals surface area contributed by atoms with Gasteiger partial charge >= 0.3 is 0 Å². The maximum Gasteiger partial charge on any atom is 0.205 e. The van der Waals surface area contributed by atoms with Crippen LogP contribution in [0.4, 0.5) is 0 Å². The van der Waals surface area contributed by atoms with Crippen LogP contribution in [0.25, 0.3) is 15.5 Å². The van der Waals surface area contributed by atoms with Gasteiger partial charge < -0.3 is 0 Å². The lowest BCUT2D eigenvalue weighted by molar-refractivity contribution is 0.604. The molecule has 3 rings (SSSR count). The molecule has 2 aromatic rings. The van der Waals surface area contributed by atoms with E-state index in [1.807, 2.05) is 6.92 Å². The number of rotatable bonds is 0. The van der Waals surface area contributed by atoms with Crippen molar-refractivity contribution in [2.75, 3.05) is 0 Å². The standard InChI is InChI=1S/C10H8O2S3/c1-5-3-7-9(13-5)10-8(14-7)4-6(2)15(10,11)12/h3-4H,1-2H3. The van der Waals surface area contributed by atoms with Gasteiger partial charge in [0.25, 0.3) is 0 Å². The van der Waals surface area contributed by atoms with Gasteiger partial charge in [0.05, 0.1) is 4.70 Å². The van der Waals surface area contributed by atoms with Crippen molar-refractivity contribution >= 4 is 48.0 Å². The topological polar surface area (TPSA) is 34.1 Å². The van der Waals surface area contributed by atoms with Gasteiger partial charge in [0.1, 0.15) is 4.90 Å². The molecule has 0 radical (unpaired) electrons. The average molecular weight is 256 g/mol. The van der Waals surface area contributed by atoms with Crippen molar-refractivity contribution in [3.8, 4) is 0 Å². The molecule has 15 heavy (non-hydrogen) atoms. The molecule has 0 bridgehead atoms. The van der Waals surface area contributed by atoms with E-state index in [1.165, 1.54) is 4.88 Å². The van der Waals surface area contributed by atoms with Crippen LogP contribution in [-0.4, -0.2) is 8.42 Å². The highest BCUT2D eigenvalue weighted by atomic mass is 32.2. The molecule has 0 saturated carbocycles. The molecule has 0 fully saturated rings. The van der Waals surface area contributed by atoms with Crippen LogP contribution in [0.15, 0.2) is 15.9 Å². The molecule has 0 saturated heterocycles. The van der Waals surface area contributed by atoms with Gasteiger partial charge in [-0.25, -0.2) is 8.42 Å². The van der Waals surface area contributed by atoms with Gasteiger partial charge in [0, 0.05) is 19.4 Å². The second kappa shape index (κ2) is 2.72. The van der Waals surface area contributed by atoms with E-state index < -0.39 is 9.84 Å². The molecule has 2 nitrogen and oxygen atoms in total. The fourth-order valence-electron chi connectivity index (χ4n) is 1.77. The molecule has 3 heterocycles. The summed E-state index contributed by atoms with van der Waals surface area (Å²) in [5, 5.41) is 0.